The Morgan fingerprint density at radius 3 is 2.69 bits per heavy atom. The van der Waals surface area contributed by atoms with Crippen LogP contribution in [0.25, 0.3) is 0 Å². The quantitative estimate of drug-likeness (QED) is 0.813. The summed E-state index contributed by atoms with van der Waals surface area (Å²) in [5.41, 5.74) is 1.71. The van der Waals surface area contributed by atoms with Crippen LogP contribution in [0.1, 0.15) is 22.0 Å². The first-order valence-corrected chi connectivity index (χ1v) is 9.04. The molecule has 1 saturated heterocycles. The van der Waals surface area contributed by atoms with Crippen LogP contribution < -0.4 is 10.6 Å². The molecule has 2 heterocycles. The van der Waals surface area contributed by atoms with Crippen LogP contribution in [0.3, 0.4) is 0 Å². The molecule has 0 aliphatic carbocycles. The molecule has 1 aromatic carbocycles. The van der Waals surface area contributed by atoms with Crippen molar-refractivity contribution in [2.45, 2.75) is 6.04 Å². The van der Waals surface area contributed by atoms with Crippen molar-refractivity contribution < 1.29 is 9.53 Å². The Hall–Kier alpha value is -2.15. The third-order valence-electron chi connectivity index (χ3n) is 4.48. The minimum atomic E-state index is -0.115. The number of amides is 1. The molecule has 0 spiro atoms. The molecular weight excluding hydrogens is 352 g/mol. The Morgan fingerprint density at radius 2 is 2.00 bits per heavy atom. The Bertz CT molecular complexity index is 733. The second kappa shape index (κ2) is 8.98. The molecule has 26 heavy (non-hydrogen) atoms. The summed E-state index contributed by atoms with van der Waals surface area (Å²) in [7, 11) is 1.78. The van der Waals surface area contributed by atoms with Crippen molar-refractivity contribution in [3.63, 3.8) is 0 Å². The van der Waals surface area contributed by atoms with E-state index in [0.717, 1.165) is 18.7 Å². The number of hydrogen-bond donors (Lipinski definition) is 2. The maximum absolute atomic E-state index is 12.6. The van der Waals surface area contributed by atoms with Crippen LogP contribution in [0.4, 0.5) is 5.82 Å². The predicted octanol–water partition coefficient (Wildman–Crippen LogP) is 2.58. The number of morpholine rings is 1. The van der Waals surface area contributed by atoms with Crippen LogP contribution in [0.5, 0.6) is 0 Å². The summed E-state index contributed by atoms with van der Waals surface area (Å²) in [6.07, 6.45) is 1.62. The third-order valence-corrected chi connectivity index (χ3v) is 4.73. The highest BCUT2D eigenvalue weighted by Gasteiger charge is 2.23. The molecule has 3 rings (SSSR count). The normalized spacial score (nSPS) is 16.1. The molecule has 1 aliphatic rings. The number of pyridine rings is 1. The highest BCUT2D eigenvalue weighted by molar-refractivity contribution is 6.30. The number of ether oxygens (including phenoxy) is 1. The van der Waals surface area contributed by atoms with Crippen molar-refractivity contribution in [2.24, 2.45) is 0 Å². The van der Waals surface area contributed by atoms with E-state index in [1.54, 1.807) is 25.4 Å². The molecule has 0 bridgehead atoms. The van der Waals surface area contributed by atoms with Gasteiger partial charge in [0.25, 0.3) is 5.91 Å². The Morgan fingerprint density at radius 1 is 1.27 bits per heavy atom. The third kappa shape index (κ3) is 4.72. The van der Waals surface area contributed by atoms with Crippen molar-refractivity contribution in [1.29, 1.82) is 0 Å². The lowest BCUT2D eigenvalue weighted by atomic mass is 10.0. The van der Waals surface area contributed by atoms with E-state index >= 15 is 0 Å². The van der Waals surface area contributed by atoms with Gasteiger partial charge in [-0.15, -0.1) is 0 Å². The number of anilines is 1. The van der Waals surface area contributed by atoms with Crippen LogP contribution in [0.2, 0.25) is 5.02 Å². The van der Waals surface area contributed by atoms with Crippen molar-refractivity contribution in [3.8, 4) is 0 Å². The number of carbonyl (C=O) groups is 1. The molecule has 1 fully saturated rings. The van der Waals surface area contributed by atoms with Crippen molar-refractivity contribution in [1.82, 2.24) is 15.2 Å². The average molecular weight is 375 g/mol. The van der Waals surface area contributed by atoms with E-state index in [2.05, 4.69) is 20.5 Å². The van der Waals surface area contributed by atoms with E-state index in [4.69, 9.17) is 16.3 Å². The maximum atomic E-state index is 12.6. The van der Waals surface area contributed by atoms with Gasteiger partial charge in [-0.25, -0.2) is 4.98 Å². The zero-order valence-corrected chi connectivity index (χ0v) is 15.5. The molecule has 138 valence electrons. The van der Waals surface area contributed by atoms with Gasteiger partial charge in [-0.2, -0.15) is 0 Å². The number of halogens is 1. The van der Waals surface area contributed by atoms with Gasteiger partial charge in [0.05, 0.1) is 19.3 Å². The lowest BCUT2D eigenvalue weighted by molar-refractivity contribution is 0.0162. The molecule has 7 heteroatoms. The van der Waals surface area contributed by atoms with E-state index in [-0.39, 0.29) is 11.9 Å². The van der Waals surface area contributed by atoms with E-state index in [1.807, 2.05) is 24.3 Å². The van der Waals surface area contributed by atoms with Crippen LogP contribution in [-0.4, -0.2) is 55.7 Å². The maximum Gasteiger partial charge on any atom is 0.251 e. The molecule has 1 aliphatic heterocycles. The lowest BCUT2D eigenvalue weighted by Crippen LogP contribution is -2.43. The number of aromatic nitrogens is 1. The minimum Gasteiger partial charge on any atom is -0.379 e. The largest absolute Gasteiger partial charge is 0.379 e. The highest BCUT2D eigenvalue weighted by Crippen LogP contribution is 2.23. The van der Waals surface area contributed by atoms with Gasteiger partial charge in [-0.05, 0) is 29.8 Å². The number of hydrogen-bond acceptors (Lipinski definition) is 5. The fourth-order valence-corrected chi connectivity index (χ4v) is 3.16. The topological polar surface area (TPSA) is 66.5 Å². The predicted molar refractivity (Wildman–Crippen MR) is 103 cm³/mol. The number of nitrogens with one attached hydrogen (secondary N) is 2. The van der Waals surface area contributed by atoms with E-state index in [0.29, 0.717) is 36.2 Å². The van der Waals surface area contributed by atoms with Gasteiger partial charge >= 0.3 is 0 Å². The molecule has 2 aromatic rings. The fourth-order valence-electron chi connectivity index (χ4n) is 3.03. The Balaban J connectivity index is 1.72. The minimum absolute atomic E-state index is 0.0747. The molecule has 1 atom stereocenters. The van der Waals surface area contributed by atoms with Crippen molar-refractivity contribution >= 4 is 23.3 Å². The number of rotatable bonds is 6. The summed E-state index contributed by atoms with van der Waals surface area (Å²) >= 11 is 6.02. The summed E-state index contributed by atoms with van der Waals surface area (Å²) in [5.74, 6) is 0.552. The van der Waals surface area contributed by atoms with Gasteiger partial charge in [0.2, 0.25) is 0 Å². The highest BCUT2D eigenvalue weighted by atomic mass is 35.5. The van der Waals surface area contributed by atoms with Gasteiger partial charge in [0.1, 0.15) is 5.82 Å². The molecule has 0 radical (unpaired) electrons. The Kier molecular flexibility index (Phi) is 6.44. The first-order chi connectivity index (χ1) is 12.7. The molecule has 0 saturated carbocycles. The number of carbonyl (C=O) groups excluding carboxylic acids is 1. The Labute approximate surface area is 158 Å². The van der Waals surface area contributed by atoms with Crippen LogP contribution in [0.15, 0.2) is 42.6 Å². The number of benzene rings is 1. The average Bonchev–Trinajstić information content (AvgIpc) is 2.70. The van der Waals surface area contributed by atoms with Gasteiger partial charge in [0.15, 0.2) is 0 Å². The van der Waals surface area contributed by atoms with Crippen LogP contribution in [-0.2, 0) is 4.74 Å². The first kappa shape index (κ1) is 18.6. The van der Waals surface area contributed by atoms with E-state index < -0.39 is 0 Å². The van der Waals surface area contributed by atoms with Gasteiger partial charge in [-0.1, -0.05) is 23.7 Å². The zero-order valence-electron chi connectivity index (χ0n) is 14.7. The molecule has 0 unspecified atom stereocenters. The van der Waals surface area contributed by atoms with Gasteiger partial charge in [0, 0.05) is 43.5 Å². The molecule has 1 amide bonds. The zero-order chi connectivity index (χ0) is 18.4. The van der Waals surface area contributed by atoms with Crippen LogP contribution >= 0.6 is 11.6 Å². The molecule has 6 nitrogen and oxygen atoms in total. The molecule has 2 N–H and O–H groups in total. The standard InChI is InChI=1S/C19H23ClN4O2/c1-21-18-12-15(6-7-22-18)19(25)23-13-17(24-8-10-26-11-9-24)14-2-4-16(20)5-3-14/h2-7,12,17H,8-11,13H2,1H3,(H,21,22)(H,23,25)/t17-/m1/s1. The van der Waals surface area contributed by atoms with Crippen LogP contribution in [0, 0.1) is 0 Å². The summed E-state index contributed by atoms with van der Waals surface area (Å²) in [6.45, 7) is 3.59. The van der Waals surface area contributed by atoms with E-state index in [1.165, 1.54) is 0 Å². The molecule has 1 aromatic heterocycles. The second-order valence-electron chi connectivity index (χ2n) is 6.11. The summed E-state index contributed by atoms with van der Waals surface area (Å²) in [5, 5.41) is 6.70. The summed E-state index contributed by atoms with van der Waals surface area (Å²) in [6, 6.07) is 11.3. The number of nitrogens with zero attached hydrogens (tertiary/aromatic N) is 2. The SMILES string of the molecule is CNc1cc(C(=O)NC[C@H](c2ccc(Cl)cc2)N2CCOCC2)ccn1. The molecular formula is C19H23ClN4O2. The summed E-state index contributed by atoms with van der Waals surface area (Å²) in [4.78, 5) is 19.0. The first-order valence-electron chi connectivity index (χ1n) is 8.66. The van der Waals surface area contributed by atoms with Crippen molar-refractivity contribution in [2.75, 3.05) is 45.2 Å². The van der Waals surface area contributed by atoms with Gasteiger partial charge < -0.3 is 15.4 Å². The van der Waals surface area contributed by atoms with Crippen molar-refractivity contribution in [3.05, 3.63) is 58.7 Å². The second-order valence-corrected chi connectivity index (χ2v) is 6.54. The summed E-state index contributed by atoms with van der Waals surface area (Å²) < 4.78 is 5.46. The van der Waals surface area contributed by atoms with E-state index in [9.17, 15) is 4.79 Å². The monoisotopic (exact) mass is 374 g/mol. The lowest BCUT2D eigenvalue weighted by Gasteiger charge is -2.35. The smallest absolute Gasteiger partial charge is 0.251 e. The fraction of sp³-hybridized carbons (Fsp3) is 0.368. The van der Waals surface area contributed by atoms with Gasteiger partial charge in [-0.3, -0.25) is 9.69 Å².